The van der Waals surface area contributed by atoms with Crippen molar-refractivity contribution in [3.63, 3.8) is 0 Å². The quantitative estimate of drug-likeness (QED) is 0.914. The van der Waals surface area contributed by atoms with E-state index in [9.17, 15) is 13.2 Å². The summed E-state index contributed by atoms with van der Waals surface area (Å²) in [6.07, 6.45) is -3.40. The predicted octanol–water partition coefficient (Wildman–Crippen LogP) is 4.06. The van der Waals surface area contributed by atoms with E-state index in [0.29, 0.717) is 12.1 Å². The van der Waals surface area contributed by atoms with Crippen molar-refractivity contribution in [3.8, 4) is 5.75 Å². The Kier molecular flexibility index (Phi) is 4.73. The number of halogens is 3. The van der Waals surface area contributed by atoms with Crippen LogP contribution in [0.15, 0.2) is 18.2 Å². The molecule has 6 heteroatoms. The summed E-state index contributed by atoms with van der Waals surface area (Å²) in [6.45, 7) is 6.26. The number of rotatable bonds is 3. The molecule has 2 rings (SSSR count). The minimum Gasteiger partial charge on any atom is -0.406 e. The van der Waals surface area contributed by atoms with Gasteiger partial charge in [-0.25, -0.2) is 0 Å². The first-order valence-electron chi connectivity index (χ1n) is 7.35. The largest absolute Gasteiger partial charge is 0.573 e. The highest BCUT2D eigenvalue weighted by Crippen LogP contribution is 2.38. The SMILES string of the molecule is CC(C)(C)c1cc(OC(F)(F)F)cc(C2CC[C@H](CN)O2)c1. The van der Waals surface area contributed by atoms with Crippen LogP contribution in [-0.4, -0.2) is 19.0 Å². The molecule has 3 nitrogen and oxygen atoms in total. The summed E-state index contributed by atoms with van der Waals surface area (Å²) in [5.41, 5.74) is 6.79. The van der Waals surface area contributed by atoms with Crippen LogP contribution in [0.25, 0.3) is 0 Å². The molecule has 1 heterocycles. The standard InChI is InChI=1S/C16H22F3NO2/c1-15(2,3)11-6-10(14-5-4-12(9-20)21-14)7-13(8-11)22-16(17,18)19/h6-8,12,14H,4-5,9,20H2,1-3H3/t12-,14?/m1/s1. The zero-order valence-electron chi connectivity index (χ0n) is 13.0. The van der Waals surface area contributed by atoms with E-state index in [0.717, 1.165) is 18.4 Å². The van der Waals surface area contributed by atoms with Crippen molar-refractivity contribution >= 4 is 0 Å². The second kappa shape index (κ2) is 6.08. The minimum atomic E-state index is -4.70. The van der Waals surface area contributed by atoms with Crippen molar-refractivity contribution in [2.45, 2.75) is 57.6 Å². The molecule has 1 saturated heterocycles. The third kappa shape index (κ3) is 4.36. The molecule has 1 aromatic carbocycles. The highest BCUT2D eigenvalue weighted by Gasteiger charge is 2.33. The average molecular weight is 317 g/mol. The fraction of sp³-hybridized carbons (Fsp3) is 0.625. The van der Waals surface area contributed by atoms with Crippen LogP contribution in [0.3, 0.4) is 0 Å². The Balaban J connectivity index is 2.34. The lowest BCUT2D eigenvalue weighted by Gasteiger charge is -2.23. The lowest BCUT2D eigenvalue weighted by Crippen LogP contribution is -2.20. The third-order valence-electron chi connectivity index (χ3n) is 3.77. The van der Waals surface area contributed by atoms with Gasteiger partial charge in [-0.05, 0) is 41.5 Å². The smallest absolute Gasteiger partial charge is 0.406 e. The van der Waals surface area contributed by atoms with E-state index in [4.69, 9.17) is 10.5 Å². The molecule has 124 valence electrons. The van der Waals surface area contributed by atoms with E-state index in [1.54, 1.807) is 0 Å². The molecule has 1 fully saturated rings. The molecule has 1 aliphatic heterocycles. The summed E-state index contributed by atoms with van der Waals surface area (Å²) in [6, 6.07) is 4.74. The zero-order chi connectivity index (χ0) is 16.5. The van der Waals surface area contributed by atoms with Crippen LogP contribution in [0, 0.1) is 0 Å². The number of benzene rings is 1. The summed E-state index contributed by atoms with van der Waals surface area (Å²) in [5.74, 6) is -0.199. The molecule has 0 saturated carbocycles. The first kappa shape index (κ1) is 17.1. The van der Waals surface area contributed by atoms with Crippen LogP contribution in [0.4, 0.5) is 13.2 Å². The monoisotopic (exact) mass is 317 g/mol. The van der Waals surface area contributed by atoms with Crippen LogP contribution in [0.2, 0.25) is 0 Å². The van der Waals surface area contributed by atoms with E-state index in [2.05, 4.69) is 4.74 Å². The molecule has 1 aromatic rings. The molecule has 0 spiro atoms. The van der Waals surface area contributed by atoms with Gasteiger partial charge in [-0.2, -0.15) is 0 Å². The Labute approximate surface area is 128 Å². The van der Waals surface area contributed by atoms with Gasteiger partial charge in [0.1, 0.15) is 5.75 Å². The topological polar surface area (TPSA) is 44.5 Å². The van der Waals surface area contributed by atoms with Crippen molar-refractivity contribution in [2.75, 3.05) is 6.54 Å². The predicted molar refractivity (Wildman–Crippen MR) is 77.7 cm³/mol. The molecule has 1 unspecified atom stereocenters. The van der Waals surface area contributed by atoms with Gasteiger partial charge in [-0.15, -0.1) is 13.2 Å². The van der Waals surface area contributed by atoms with E-state index < -0.39 is 6.36 Å². The summed E-state index contributed by atoms with van der Waals surface area (Å²) in [5, 5.41) is 0. The first-order valence-corrected chi connectivity index (χ1v) is 7.35. The molecule has 0 aliphatic carbocycles. The average Bonchev–Trinajstić information content (AvgIpc) is 2.84. The van der Waals surface area contributed by atoms with Crippen molar-refractivity contribution in [2.24, 2.45) is 5.73 Å². The molecule has 1 aliphatic rings. The maximum Gasteiger partial charge on any atom is 0.573 e. The van der Waals surface area contributed by atoms with Crippen molar-refractivity contribution in [3.05, 3.63) is 29.3 Å². The first-order chi connectivity index (χ1) is 10.1. The Morgan fingerprint density at radius 1 is 1.18 bits per heavy atom. The number of ether oxygens (including phenoxy) is 2. The van der Waals surface area contributed by atoms with Crippen LogP contribution >= 0.6 is 0 Å². The maximum absolute atomic E-state index is 12.5. The molecule has 0 aromatic heterocycles. The molecular formula is C16H22F3NO2. The molecule has 0 radical (unpaired) electrons. The molecular weight excluding hydrogens is 295 g/mol. The maximum atomic E-state index is 12.5. The van der Waals surface area contributed by atoms with Crippen LogP contribution in [0.1, 0.15) is 50.8 Å². The summed E-state index contributed by atoms with van der Waals surface area (Å²) >= 11 is 0. The summed E-state index contributed by atoms with van der Waals surface area (Å²) in [7, 11) is 0. The highest BCUT2D eigenvalue weighted by molar-refractivity contribution is 5.39. The molecule has 22 heavy (non-hydrogen) atoms. The molecule has 0 bridgehead atoms. The van der Waals surface area contributed by atoms with Crippen molar-refractivity contribution in [1.82, 2.24) is 0 Å². The van der Waals surface area contributed by atoms with Gasteiger partial charge < -0.3 is 15.2 Å². The molecule has 2 N–H and O–H groups in total. The Hall–Kier alpha value is -1.27. The number of alkyl halides is 3. The second-order valence-corrected chi connectivity index (χ2v) is 6.65. The van der Waals surface area contributed by atoms with E-state index in [1.807, 2.05) is 26.8 Å². The van der Waals surface area contributed by atoms with E-state index in [-0.39, 0.29) is 23.4 Å². The number of hydrogen-bond donors (Lipinski definition) is 1. The lowest BCUT2D eigenvalue weighted by molar-refractivity contribution is -0.274. The fourth-order valence-corrected chi connectivity index (χ4v) is 2.56. The minimum absolute atomic E-state index is 0.0322. The second-order valence-electron chi connectivity index (χ2n) is 6.65. The highest BCUT2D eigenvalue weighted by atomic mass is 19.4. The lowest BCUT2D eigenvalue weighted by atomic mass is 9.85. The van der Waals surface area contributed by atoms with Gasteiger partial charge in [0, 0.05) is 6.54 Å². The van der Waals surface area contributed by atoms with Crippen LogP contribution in [0.5, 0.6) is 5.75 Å². The van der Waals surface area contributed by atoms with Crippen LogP contribution in [-0.2, 0) is 10.2 Å². The molecule has 0 amide bonds. The van der Waals surface area contributed by atoms with Gasteiger partial charge in [-0.3, -0.25) is 0 Å². The van der Waals surface area contributed by atoms with Gasteiger partial charge in [0.05, 0.1) is 12.2 Å². The van der Waals surface area contributed by atoms with Gasteiger partial charge in [-0.1, -0.05) is 26.8 Å². The summed E-state index contributed by atoms with van der Waals surface area (Å²) in [4.78, 5) is 0. The van der Waals surface area contributed by atoms with Crippen molar-refractivity contribution in [1.29, 1.82) is 0 Å². The Morgan fingerprint density at radius 3 is 2.36 bits per heavy atom. The summed E-state index contributed by atoms with van der Waals surface area (Å²) < 4.78 is 47.5. The number of nitrogens with two attached hydrogens (primary N) is 1. The van der Waals surface area contributed by atoms with E-state index in [1.165, 1.54) is 12.1 Å². The van der Waals surface area contributed by atoms with Gasteiger partial charge in [0.15, 0.2) is 0 Å². The number of hydrogen-bond acceptors (Lipinski definition) is 3. The van der Waals surface area contributed by atoms with Crippen LogP contribution < -0.4 is 10.5 Å². The van der Waals surface area contributed by atoms with Gasteiger partial charge in [0.25, 0.3) is 0 Å². The fourth-order valence-electron chi connectivity index (χ4n) is 2.56. The zero-order valence-corrected chi connectivity index (χ0v) is 13.0. The van der Waals surface area contributed by atoms with Gasteiger partial charge in [0.2, 0.25) is 0 Å². The van der Waals surface area contributed by atoms with Gasteiger partial charge >= 0.3 is 6.36 Å². The third-order valence-corrected chi connectivity index (χ3v) is 3.77. The molecule has 2 atom stereocenters. The van der Waals surface area contributed by atoms with E-state index >= 15 is 0 Å². The Morgan fingerprint density at radius 2 is 1.86 bits per heavy atom. The normalized spacial score (nSPS) is 22.9. The Bertz CT molecular complexity index is 523. The van der Waals surface area contributed by atoms with Crippen molar-refractivity contribution < 1.29 is 22.6 Å².